The number of aliphatic hydroxyl groups is 1. The molecule has 4 atom stereocenters. The molecule has 1 aliphatic heterocycles. The number of carbonyl (C=O) groups is 1. The number of halogens is 1. The molecule has 0 amide bonds. The van der Waals surface area contributed by atoms with E-state index in [0.29, 0.717) is 25.7 Å². The highest BCUT2D eigenvalue weighted by Crippen LogP contribution is 2.50. The van der Waals surface area contributed by atoms with Crippen molar-refractivity contribution in [1.82, 2.24) is 14.6 Å². The van der Waals surface area contributed by atoms with E-state index in [9.17, 15) is 34.2 Å². The molecule has 1 saturated heterocycles. The Labute approximate surface area is 247 Å². The molecule has 1 aromatic carbocycles. The van der Waals surface area contributed by atoms with Crippen LogP contribution in [0.15, 0.2) is 45.0 Å². The number of aromatic nitrogens is 2. The maximum Gasteiger partial charge on any atom is 0.459 e. The molecule has 0 spiro atoms. The van der Waals surface area contributed by atoms with Crippen molar-refractivity contribution < 1.29 is 37.9 Å². The van der Waals surface area contributed by atoms with Crippen LogP contribution in [-0.2, 0) is 23.4 Å². The van der Waals surface area contributed by atoms with Gasteiger partial charge >= 0.3 is 19.4 Å². The Bertz CT molecular complexity index is 1490. The minimum absolute atomic E-state index is 0.0358. The van der Waals surface area contributed by atoms with Crippen molar-refractivity contribution in [2.75, 3.05) is 13.2 Å². The maximum absolute atomic E-state index is 14.2. The molecular weight excluding hydrogens is 643 g/mol. The van der Waals surface area contributed by atoms with E-state index < -0.39 is 60.5 Å². The summed E-state index contributed by atoms with van der Waals surface area (Å²) in [5, 5.41) is 24.5. The number of aromatic amines is 1. The molecule has 2 aromatic rings. The van der Waals surface area contributed by atoms with Crippen molar-refractivity contribution in [2.24, 2.45) is 0 Å². The van der Waals surface area contributed by atoms with Crippen LogP contribution in [0.1, 0.15) is 50.8 Å². The number of nitro groups is 1. The summed E-state index contributed by atoms with van der Waals surface area (Å²) in [5.41, 5.74) is -2.78. The molecule has 42 heavy (non-hydrogen) atoms. The van der Waals surface area contributed by atoms with Gasteiger partial charge in [-0.15, -0.1) is 0 Å². The lowest BCUT2D eigenvalue weighted by Gasteiger charge is -2.32. The fourth-order valence-electron chi connectivity index (χ4n) is 4.83. The van der Waals surface area contributed by atoms with E-state index >= 15 is 0 Å². The molecule has 1 aliphatic carbocycles. The second-order valence-corrected chi connectivity index (χ2v) is 11.9. The van der Waals surface area contributed by atoms with E-state index in [4.69, 9.17) is 18.5 Å². The number of ether oxygens (including phenoxy) is 2. The number of carbonyl (C=O) groups excluding carboxylic acids is 1. The van der Waals surface area contributed by atoms with Crippen LogP contribution >= 0.6 is 23.7 Å². The maximum atomic E-state index is 14.2. The summed E-state index contributed by atoms with van der Waals surface area (Å²) in [4.78, 5) is 51.5. The average molecular weight is 673 g/mol. The van der Waals surface area contributed by atoms with Crippen molar-refractivity contribution in [3.05, 3.63) is 72.0 Å². The van der Waals surface area contributed by atoms with E-state index in [-0.39, 0.29) is 30.0 Å². The van der Waals surface area contributed by atoms with Gasteiger partial charge in [-0.2, -0.15) is 5.09 Å². The highest BCUT2D eigenvalue weighted by Gasteiger charge is 2.49. The molecule has 1 aromatic heterocycles. The first kappa shape index (κ1) is 31.8. The lowest BCUT2D eigenvalue weighted by Crippen LogP contribution is -2.50. The lowest BCUT2D eigenvalue weighted by atomic mass is 10.00. The summed E-state index contributed by atoms with van der Waals surface area (Å²) >= 11 is 3.08. The predicted molar refractivity (Wildman–Crippen MR) is 152 cm³/mol. The van der Waals surface area contributed by atoms with Crippen LogP contribution in [0.4, 0.5) is 5.69 Å². The normalized spacial score (nSPS) is 23.1. The third-order valence-electron chi connectivity index (χ3n) is 6.91. The molecule has 3 N–H and O–H groups in total. The predicted octanol–water partition coefficient (Wildman–Crippen LogP) is 3.13. The molecule has 15 nitrogen and oxygen atoms in total. The van der Waals surface area contributed by atoms with Gasteiger partial charge < -0.3 is 19.1 Å². The Hall–Kier alpha value is -3.14. The Morgan fingerprint density at radius 2 is 2.02 bits per heavy atom. The van der Waals surface area contributed by atoms with E-state index in [1.165, 1.54) is 29.4 Å². The smallest absolute Gasteiger partial charge is 0.459 e. The highest BCUT2D eigenvalue weighted by molar-refractivity contribution is 9.11. The molecule has 228 valence electrons. The van der Waals surface area contributed by atoms with Gasteiger partial charge in [0.15, 0.2) is 0 Å². The Balaban J connectivity index is 1.56. The number of rotatable bonds is 12. The first-order valence-electron chi connectivity index (χ1n) is 13.1. The van der Waals surface area contributed by atoms with Gasteiger partial charge in [-0.25, -0.2) is 9.36 Å². The standard InChI is InChI=1S/C25H30BrN4O11P/c1-2-38-23(33)25(10-3-4-11-25)28-42(37,41-18-7-5-17(6-8-18)30(35)36)39-15-20-19(31)13-21(40-20)29-14-16(9-12-26)22(32)27-24(29)34/h5-9,12,14,19-21,31H,2-4,10-11,13,15H2,1H3,(H,28,37)(H,27,32,34)/t19?,20-,21-,42?/m1/s1. The average Bonchev–Trinajstić information content (AvgIpc) is 3.56. The van der Waals surface area contributed by atoms with Gasteiger partial charge in [0.25, 0.3) is 11.2 Å². The van der Waals surface area contributed by atoms with Crippen molar-refractivity contribution in [2.45, 2.75) is 63.0 Å². The van der Waals surface area contributed by atoms with Gasteiger partial charge in [0, 0.05) is 24.8 Å². The van der Waals surface area contributed by atoms with Crippen molar-refractivity contribution in [1.29, 1.82) is 0 Å². The fraction of sp³-hybridized carbons (Fsp3) is 0.480. The first-order valence-corrected chi connectivity index (χ1v) is 15.6. The number of nitrogens with one attached hydrogen (secondary N) is 2. The minimum Gasteiger partial charge on any atom is -0.465 e. The van der Waals surface area contributed by atoms with Crippen molar-refractivity contribution >= 4 is 41.4 Å². The van der Waals surface area contributed by atoms with Gasteiger partial charge in [0.1, 0.15) is 23.6 Å². The van der Waals surface area contributed by atoms with E-state index in [1.54, 1.807) is 6.92 Å². The summed E-state index contributed by atoms with van der Waals surface area (Å²) in [7, 11) is -4.42. The van der Waals surface area contributed by atoms with Crippen LogP contribution in [0.5, 0.6) is 5.75 Å². The summed E-state index contributed by atoms with van der Waals surface area (Å²) in [5.74, 6) is -0.659. The van der Waals surface area contributed by atoms with E-state index in [2.05, 4.69) is 26.0 Å². The van der Waals surface area contributed by atoms with Gasteiger partial charge in [0.05, 0.1) is 29.8 Å². The Kier molecular flexibility index (Phi) is 10.2. The number of hydrogen-bond acceptors (Lipinski definition) is 11. The molecule has 17 heteroatoms. The zero-order valence-electron chi connectivity index (χ0n) is 22.5. The topological polar surface area (TPSA) is 201 Å². The number of nitrogens with zero attached hydrogens (tertiary/aromatic N) is 2. The number of hydrogen-bond donors (Lipinski definition) is 3. The number of esters is 1. The largest absolute Gasteiger partial charge is 0.465 e. The second-order valence-electron chi connectivity index (χ2n) is 9.73. The summed E-state index contributed by atoms with van der Waals surface area (Å²) in [6.45, 7) is 1.25. The first-order chi connectivity index (χ1) is 20.0. The van der Waals surface area contributed by atoms with Crippen molar-refractivity contribution in [3.63, 3.8) is 0 Å². The van der Waals surface area contributed by atoms with Crippen LogP contribution < -0.4 is 20.9 Å². The number of nitro benzene ring substituents is 1. The third kappa shape index (κ3) is 7.25. The van der Waals surface area contributed by atoms with E-state index in [0.717, 1.165) is 16.7 Å². The van der Waals surface area contributed by atoms with Crippen LogP contribution in [-0.4, -0.2) is 56.5 Å². The van der Waals surface area contributed by atoms with E-state index in [1.807, 2.05) is 0 Å². The summed E-state index contributed by atoms with van der Waals surface area (Å²) < 4.78 is 37.7. The minimum atomic E-state index is -4.42. The molecule has 2 fully saturated rings. The van der Waals surface area contributed by atoms with Crippen molar-refractivity contribution in [3.8, 4) is 5.75 Å². The summed E-state index contributed by atoms with van der Waals surface area (Å²) in [6.07, 6.45) is 1.33. The molecular formula is C25H30BrN4O11P. The molecule has 0 bridgehead atoms. The molecule has 2 unspecified atom stereocenters. The van der Waals surface area contributed by atoms with Gasteiger partial charge in [-0.1, -0.05) is 28.8 Å². The third-order valence-corrected chi connectivity index (χ3v) is 8.81. The number of non-ortho nitro benzene ring substituents is 1. The Morgan fingerprint density at radius 3 is 2.64 bits per heavy atom. The summed E-state index contributed by atoms with van der Waals surface area (Å²) in [6, 6.07) is 4.79. The quantitative estimate of drug-likeness (QED) is 0.129. The molecule has 0 radical (unpaired) electrons. The van der Waals surface area contributed by atoms with Crippen LogP contribution in [0.25, 0.3) is 6.08 Å². The number of aliphatic hydroxyl groups excluding tert-OH is 1. The molecule has 1 saturated carbocycles. The highest BCUT2D eigenvalue weighted by atomic mass is 79.9. The van der Waals surface area contributed by atoms with Gasteiger partial charge in [0.2, 0.25) is 0 Å². The van der Waals surface area contributed by atoms with Gasteiger partial charge in [-0.05, 0) is 43.0 Å². The lowest BCUT2D eigenvalue weighted by molar-refractivity contribution is -0.384. The fourth-order valence-corrected chi connectivity index (χ4v) is 6.86. The Morgan fingerprint density at radius 1 is 1.33 bits per heavy atom. The number of benzene rings is 1. The monoisotopic (exact) mass is 672 g/mol. The number of H-pyrrole nitrogens is 1. The molecule has 2 heterocycles. The second kappa shape index (κ2) is 13.4. The van der Waals surface area contributed by atoms with Gasteiger partial charge in [-0.3, -0.25) is 33.8 Å². The molecule has 4 rings (SSSR count). The van der Waals surface area contributed by atoms with Crippen LogP contribution in [0.3, 0.4) is 0 Å². The zero-order chi connectivity index (χ0) is 30.5. The SMILES string of the molecule is CCOC(=O)C1(NP(=O)(OC[C@H]2O[C@@H](n3cc(C=CBr)c(=O)[nH]c3=O)CC2O)Oc2ccc([N+](=O)[O-])cc2)CCCC1. The molecule has 2 aliphatic rings. The zero-order valence-corrected chi connectivity index (χ0v) is 25.0. The van der Waals surface area contributed by atoms with Crippen LogP contribution in [0, 0.1) is 10.1 Å². The van der Waals surface area contributed by atoms with Crippen LogP contribution in [0.2, 0.25) is 0 Å².